The highest BCUT2D eigenvalue weighted by Crippen LogP contribution is 2.12. The van der Waals surface area contributed by atoms with Crippen LogP contribution in [-0.2, 0) is 4.74 Å². The quantitative estimate of drug-likeness (QED) is 0.740. The van der Waals surface area contributed by atoms with Crippen LogP contribution >= 0.6 is 12.2 Å². The zero-order valence-electron chi connectivity index (χ0n) is 11.3. The van der Waals surface area contributed by atoms with E-state index in [1.807, 2.05) is 12.1 Å². The van der Waals surface area contributed by atoms with Gasteiger partial charge in [0.25, 0.3) is 0 Å². The lowest BCUT2D eigenvalue weighted by Crippen LogP contribution is -2.42. The van der Waals surface area contributed by atoms with Gasteiger partial charge < -0.3 is 20.3 Å². The molecule has 20 heavy (non-hydrogen) atoms. The van der Waals surface area contributed by atoms with Crippen molar-refractivity contribution < 1.29 is 14.6 Å². The smallest absolute Gasteiger partial charge is 0.119 e. The number of β-amino-alcohol motifs (C(OH)–C–C–N with tert-alkyl or cyclic N) is 1. The van der Waals surface area contributed by atoms with Gasteiger partial charge in [0.15, 0.2) is 0 Å². The Hall–Kier alpha value is -1.21. The standard InChI is InChI=1S/C14H20N2O3S/c15-14(20)11-1-3-13(4-2-11)19-10-12(17)9-16-5-7-18-8-6-16/h1-4,12,17H,5-10H2,(H2,15,20). The predicted molar refractivity (Wildman–Crippen MR) is 81.1 cm³/mol. The Morgan fingerprint density at radius 3 is 2.60 bits per heavy atom. The van der Waals surface area contributed by atoms with Crippen molar-refractivity contribution in [3.8, 4) is 5.75 Å². The average molecular weight is 296 g/mol. The van der Waals surface area contributed by atoms with Gasteiger partial charge in [0.1, 0.15) is 23.4 Å². The third-order valence-electron chi connectivity index (χ3n) is 3.15. The molecule has 0 spiro atoms. The third kappa shape index (κ3) is 4.72. The number of nitrogens with zero attached hydrogens (tertiary/aromatic N) is 1. The molecule has 1 atom stereocenters. The van der Waals surface area contributed by atoms with Gasteiger partial charge in [-0.2, -0.15) is 0 Å². The number of ether oxygens (including phenoxy) is 2. The summed E-state index contributed by atoms with van der Waals surface area (Å²) < 4.78 is 10.8. The lowest BCUT2D eigenvalue weighted by molar-refractivity contribution is 0.00465. The molecular formula is C14H20N2O3S. The van der Waals surface area contributed by atoms with E-state index in [0.29, 0.717) is 17.3 Å². The molecule has 0 aliphatic carbocycles. The van der Waals surface area contributed by atoms with Gasteiger partial charge in [0, 0.05) is 25.2 Å². The number of morpholine rings is 1. The maximum Gasteiger partial charge on any atom is 0.119 e. The predicted octanol–water partition coefficient (Wildman–Crippen LogP) is 0.393. The van der Waals surface area contributed by atoms with Gasteiger partial charge in [-0.3, -0.25) is 4.90 Å². The lowest BCUT2D eigenvalue weighted by Gasteiger charge is -2.28. The normalized spacial score (nSPS) is 17.6. The zero-order valence-corrected chi connectivity index (χ0v) is 12.1. The molecule has 110 valence electrons. The molecule has 5 nitrogen and oxygen atoms in total. The summed E-state index contributed by atoms with van der Waals surface area (Å²) in [5.74, 6) is 0.700. The number of benzene rings is 1. The first-order valence-electron chi connectivity index (χ1n) is 6.66. The Morgan fingerprint density at radius 2 is 2.00 bits per heavy atom. The third-order valence-corrected chi connectivity index (χ3v) is 3.39. The molecule has 1 fully saturated rings. The summed E-state index contributed by atoms with van der Waals surface area (Å²) in [7, 11) is 0. The summed E-state index contributed by atoms with van der Waals surface area (Å²) in [6.07, 6.45) is -0.511. The van der Waals surface area contributed by atoms with Gasteiger partial charge in [-0.25, -0.2) is 0 Å². The average Bonchev–Trinajstić information content (AvgIpc) is 2.46. The number of hydrogen-bond acceptors (Lipinski definition) is 5. The molecule has 0 aromatic heterocycles. The van der Waals surface area contributed by atoms with Crippen molar-refractivity contribution in [2.75, 3.05) is 39.5 Å². The molecule has 1 aliphatic heterocycles. The summed E-state index contributed by atoms with van der Waals surface area (Å²) in [6.45, 7) is 4.06. The molecule has 1 unspecified atom stereocenters. The van der Waals surface area contributed by atoms with Crippen LogP contribution in [0.2, 0.25) is 0 Å². The van der Waals surface area contributed by atoms with E-state index < -0.39 is 6.10 Å². The lowest BCUT2D eigenvalue weighted by atomic mass is 10.2. The van der Waals surface area contributed by atoms with Crippen LogP contribution in [0, 0.1) is 0 Å². The van der Waals surface area contributed by atoms with Crippen molar-refractivity contribution in [1.29, 1.82) is 0 Å². The summed E-state index contributed by atoms with van der Waals surface area (Å²) in [5, 5.41) is 9.96. The summed E-state index contributed by atoms with van der Waals surface area (Å²) in [6, 6.07) is 7.23. The maximum absolute atomic E-state index is 9.96. The van der Waals surface area contributed by atoms with Crippen LogP contribution in [0.15, 0.2) is 24.3 Å². The van der Waals surface area contributed by atoms with Gasteiger partial charge in [-0.05, 0) is 24.3 Å². The van der Waals surface area contributed by atoms with Crippen molar-refractivity contribution in [1.82, 2.24) is 4.90 Å². The highest BCUT2D eigenvalue weighted by atomic mass is 32.1. The van der Waals surface area contributed by atoms with Gasteiger partial charge in [-0.15, -0.1) is 0 Å². The maximum atomic E-state index is 9.96. The Balaban J connectivity index is 1.74. The first-order valence-corrected chi connectivity index (χ1v) is 7.07. The van der Waals surface area contributed by atoms with E-state index in [4.69, 9.17) is 27.4 Å². The largest absolute Gasteiger partial charge is 0.491 e. The van der Waals surface area contributed by atoms with E-state index >= 15 is 0 Å². The molecule has 1 aromatic rings. The monoisotopic (exact) mass is 296 g/mol. The Labute approximate surface area is 124 Å². The van der Waals surface area contributed by atoms with Crippen molar-refractivity contribution in [3.05, 3.63) is 29.8 Å². The molecule has 1 aliphatic rings. The van der Waals surface area contributed by atoms with Crippen LogP contribution in [0.4, 0.5) is 0 Å². The summed E-state index contributed by atoms with van der Waals surface area (Å²) >= 11 is 4.88. The van der Waals surface area contributed by atoms with Crippen LogP contribution < -0.4 is 10.5 Å². The second-order valence-corrected chi connectivity index (χ2v) is 5.21. The van der Waals surface area contributed by atoms with Gasteiger partial charge >= 0.3 is 0 Å². The van der Waals surface area contributed by atoms with Gasteiger partial charge in [-0.1, -0.05) is 12.2 Å². The van der Waals surface area contributed by atoms with Crippen LogP contribution in [0.3, 0.4) is 0 Å². The molecular weight excluding hydrogens is 276 g/mol. The minimum atomic E-state index is -0.511. The molecule has 0 bridgehead atoms. The first kappa shape index (κ1) is 15.2. The highest BCUT2D eigenvalue weighted by molar-refractivity contribution is 7.80. The SMILES string of the molecule is NC(=S)c1ccc(OCC(O)CN2CCOCC2)cc1. The van der Waals surface area contributed by atoms with Crippen LogP contribution in [0.25, 0.3) is 0 Å². The van der Waals surface area contributed by atoms with E-state index in [1.54, 1.807) is 12.1 Å². The number of nitrogens with two attached hydrogens (primary N) is 1. The fourth-order valence-corrected chi connectivity index (χ4v) is 2.18. The second-order valence-electron chi connectivity index (χ2n) is 4.77. The molecule has 3 N–H and O–H groups in total. The fraction of sp³-hybridized carbons (Fsp3) is 0.500. The van der Waals surface area contributed by atoms with Crippen LogP contribution in [0.5, 0.6) is 5.75 Å². The zero-order chi connectivity index (χ0) is 14.4. The van der Waals surface area contributed by atoms with Crippen LogP contribution in [-0.4, -0.2) is 60.6 Å². The molecule has 1 heterocycles. The summed E-state index contributed by atoms with van der Waals surface area (Å²) in [5.41, 5.74) is 6.33. The highest BCUT2D eigenvalue weighted by Gasteiger charge is 2.15. The molecule has 2 rings (SSSR count). The van der Waals surface area contributed by atoms with E-state index in [0.717, 1.165) is 31.9 Å². The molecule has 0 saturated carbocycles. The first-order chi connectivity index (χ1) is 9.65. The fourth-order valence-electron chi connectivity index (χ4n) is 2.04. The van der Waals surface area contributed by atoms with Gasteiger partial charge in [0.2, 0.25) is 0 Å². The van der Waals surface area contributed by atoms with Crippen molar-refractivity contribution in [3.63, 3.8) is 0 Å². The van der Waals surface area contributed by atoms with Crippen molar-refractivity contribution in [2.45, 2.75) is 6.10 Å². The Bertz CT molecular complexity index is 433. The minimum Gasteiger partial charge on any atom is -0.491 e. The van der Waals surface area contributed by atoms with E-state index in [-0.39, 0.29) is 6.61 Å². The Morgan fingerprint density at radius 1 is 1.35 bits per heavy atom. The number of aliphatic hydroxyl groups excluding tert-OH is 1. The molecule has 0 radical (unpaired) electrons. The molecule has 1 aromatic carbocycles. The van der Waals surface area contributed by atoms with Crippen molar-refractivity contribution in [2.24, 2.45) is 5.73 Å². The summed E-state index contributed by atoms with van der Waals surface area (Å²) in [4.78, 5) is 2.54. The van der Waals surface area contributed by atoms with Gasteiger partial charge in [0.05, 0.1) is 13.2 Å². The molecule has 1 saturated heterocycles. The number of hydrogen-bond donors (Lipinski definition) is 2. The number of rotatable bonds is 6. The topological polar surface area (TPSA) is 68.0 Å². The number of thiocarbonyl (C=S) groups is 1. The molecule has 6 heteroatoms. The molecule has 0 amide bonds. The van der Waals surface area contributed by atoms with Crippen molar-refractivity contribution >= 4 is 17.2 Å². The van der Waals surface area contributed by atoms with Crippen LogP contribution in [0.1, 0.15) is 5.56 Å². The van der Waals surface area contributed by atoms with E-state index in [9.17, 15) is 5.11 Å². The minimum absolute atomic E-state index is 0.268. The Kier molecular flexibility index (Phi) is 5.72. The number of aliphatic hydroxyl groups is 1. The second kappa shape index (κ2) is 7.54. The van der Waals surface area contributed by atoms with E-state index in [1.165, 1.54) is 0 Å². The van der Waals surface area contributed by atoms with E-state index in [2.05, 4.69) is 4.90 Å².